The van der Waals surface area contributed by atoms with E-state index >= 15 is 0 Å². The van der Waals surface area contributed by atoms with Gasteiger partial charge in [-0.3, -0.25) is 14.9 Å². The number of carbonyl (C=O) groups is 1. The highest BCUT2D eigenvalue weighted by atomic mass is 35.5. The summed E-state index contributed by atoms with van der Waals surface area (Å²) in [7, 11) is 0. The van der Waals surface area contributed by atoms with Crippen molar-refractivity contribution >= 4 is 34.7 Å². The quantitative estimate of drug-likeness (QED) is 0.514. The zero-order chi connectivity index (χ0) is 15.6. The molecular formula is C12H8ClFN4O3. The lowest BCUT2D eigenvalue weighted by atomic mass is 10.2. The number of pyridine rings is 1. The summed E-state index contributed by atoms with van der Waals surface area (Å²) in [5.41, 5.74) is 4.98. The maximum Gasteiger partial charge on any atom is 0.304 e. The van der Waals surface area contributed by atoms with Crippen LogP contribution in [-0.2, 0) is 0 Å². The SMILES string of the molecule is Nc1cc(C(=O)Nc2ccc([N+](=O)[O-])c(F)c2)cc(Cl)n1. The van der Waals surface area contributed by atoms with Crippen LogP contribution in [-0.4, -0.2) is 15.8 Å². The van der Waals surface area contributed by atoms with Crippen molar-refractivity contribution in [2.75, 3.05) is 11.1 Å². The first kappa shape index (κ1) is 14.7. The standard InChI is InChI=1S/C12H8ClFN4O3/c13-10-3-6(4-11(15)17-10)12(19)16-7-1-2-9(18(20)21)8(14)5-7/h1-5H,(H2,15,17)(H,16,19). The molecule has 108 valence electrons. The molecule has 0 fully saturated rings. The molecule has 2 rings (SSSR count). The third-order valence-electron chi connectivity index (χ3n) is 2.48. The highest BCUT2D eigenvalue weighted by Crippen LogP contribution is 2.21. The lowest BCUT2D eigenvalue weighted by Gasteiger charge is -2.06. The second-order valence-electron chi connectivity index (χ2n) is 3.98. The molecule has 1 heterocycles. The summed E-state index contributed by atoms with van der Waals surface area (Å²) in [6.45, 7) is 0. The summed E-state index contributed by atoms with van der Waals surface area (Å²) >= 11 is 5.67. The Kier molecular flexibility index (Phi) is 3.99. The van der Waals surface area contributed by atoms with E-state index in [4.69, 9.17) is 17.3 Å². The van der Waals surface area contributed by atoms with E-state index in [2.05, 4.69) is 10.3 Å². The van der Waals surface area contributed by atoms with Crippen LogP contribution in [0.2, 0.25) is 5.15 Å². The van der Waals surface area contributed by atoms with Crippen LogP contribution in [0.25, 0.3) is 0 Å². The van der Waals surface area contributed by atoms with E-state index in [1.807, 2.05) is 0 Å². The normalized spacial score (nSPS) is 10.2. The van der Waals surface area contributed by atoms with Gasteiger partial charge in [0, 0.05) is 23.4 Å². The zero-order valence-corrected chi connectivity index (χ0v) is 11.1. The largest absolute Gasteiger partial charge is 0.384 e. The number of nitro groups is 1. The second kappa shape index (κ2) is 5.71. The second-order valence-corrected chi connectivity index (χ2v) is 4.37. The highest BCUT2D eigenvalue weighted by molar-refractivity contribution is 6.30. The summed E-state index contributed by atoms with van der Waals surface area (Å²) in [4.78, 5) is 25.3. The first-order valence-corrected chi connectivity index (χ1v) is 5.93. The first-order chi connectivity index (χ1) is 9.86. The number of aromatic nitrogens is 1. The number of rotatable bonds is 3. The van der Waals surface area contributed by atoms with Gasteiger partial charge in [-0.05, 0) is 18.2 Å². The number of nitro benzene ring substituents is 1. The van der Waals surface area contributed by atoms with E-state index in [0.29, 0.717) is 0 Å². The summed E-state index contributed by atoms with van der Waals surface area (Å²) in [6, 6.07) is 5.60. The Bertz CT molecular complexity index is 718. The summed E-state index contributed by atoms with van der Waals surface area (Å²) < 4.78 is 13.4. The van der Waals surface area contributed by atoms with Crippen LogP contribution in [0.15, 0.2) is 30.3 Å². The van der Waals surface area contributed by atoms with Crippen LogP contribution in [0.1, 0.15) is 10.4 Å². The minimum atomic E-state index is -1.05. The van der Waals surface area contributed by atoms with E-state index < -0.39 is 22.3 Å². The van der Waals surface area contributed by atoms with Crippen LogP contribution < -0.4 is 11.1 Å². The van der Waals surface area contributed by atoms with Crippen LogP contribution in [0.4, 0.5) is 21.6 Å². The third kappa shape index (κ3) is 3.42. The molecule has 0 aliphatic rings. The molecule has 9 heteroatoms. The third-order valence-corrected chi connectivity index (χ3v) is 2.67. The molecule has 1 aromatic carbocycles. The van der Waals surface area contributed by atoms with E-state index in [1.165, 1.54) is 18.2 Å². The number of halogens is 2. The number of hydrogen-bond donors (Lipinski definition) is 2. The maximum atomic E-state index is 13.4. The molecular weight excluding hydrogens is 303 g/mol. The van der Waals surface area contributed by atoms with Gasteiger partial charge in [0.05, 0.1) is 4.92 Å². The molecule has 0 aliphatic carbocycles. The Morgan fingerprint density at radius 3 is 2.67 bits per heavy atom. The smallest absolute Gasteiger partial charge is 0.304 e. The topological polar surface area (TPSA) is 111 Å². The van der Waals surface area contributed by atoms with E-state index in [0.717, 1.165) is 12.1 Å². The number of nitrogens with zero attached hydrogens (tertiary/aromatic N) is 2. The predicted octanol–water partition coefficient (Wildman–Crippen LogP) is 2.62. The van der Waals surface area contributed by atoms with Gasteiger partial charge in [0.2, 0.25) is 5.82 Å². The molecule has 0 saturated heterocycles. The molecule has 0 atom stereocenters. The molecule has 0 unspecified atom stereocenters. The highest BCUT2D eigenvalue weighted by Gasteiger charge is 2.15. The predicted molar refractivity (Wildman–Crippen MR) is 74.7 cm³/mol. The van der Waals surface area contributed by atoms with Crippen molar-refractivity contribution < 1.29 is 14.1 Å². The van der Waals surface area contributed by atoms with Gasteiger partial charge in [-0.25, -0.2) is 4.98 Å². The zero-order valence-electron chi connectivity index (χ0n) is 10.3. The van der Waals surface area contributed by atoms with E-state index in [9.17, 15) is 19.3 Å². The number of nitrogens with one attached hydrogen (secondary N) is 1. The molecule has 3 N–H and O–H groups in total. The number of nitrogen functional groups attached to an aromatic ring is 1. The van der Waals surface area contributed by atoms with Gasteiger partial charge in [0.15, 0.2) is 0 Å². The lowest BCUT2D eigenvalue weighted by Crippen LogP contribution is -2.13. The number of anilines is 2. The molecule has 21 heavy (non-hydrogen) atoms. The summed E-state index contributed by atoms with van der Waals surface area (Å²) in [5.74, 6) is -1.59. The number of nitrogens with two attached hydrogens (primary N) is 1. The lowest BCUT2D eigenvalue weighted by molar-refractivity contribution is -0.387. The van der Waals surface area contributed by atoms with Crippen molar-refractivity contribution in [3.8, 4) is 0 Å². The van der Waals surface area contributed by atoms with E-state index in [1.54, 1.807) is 0 Å². The fourth-order valence-electron chi connectivity index (χ4n) is 1.58. The van der Waals surface area contributed by atoms with Crippen molar-refractivity contribution in [2.45, 2.75) is 0 Å². The Morgan fingerprint density at radius 2 is 2.10 bits per heavy atom. The average Bonchev–Trinajstić information content (AvgIpc) is 2.37. The number of benzene rings is 1. The van der Waals surface area contributed by atoms with Crippen molar-refractivity contribution in [2.24, 2.45) is 0 Å². The maximum absolute atomic E-state index is 13.4. The summed E-state index contributed by atoms with van der Waals surface area (Å²) in [5, 5.41) is 12.9. The Hall–Kier alpha value is -2.74. The Labute approximate surface area is 122 Å². The molecule has 7 nitrogen and oxygen atoms in total. The minimum absolute atomic E-state index is 0.0371. The molecule has 0 bridgehead atoms. The average molecular weight is 311 g/mol. The van der Waals surface area contributed by atoms with Crippen molar-refractivity contribution in [1.82, 2.24) is 4.98 Å². The number of amides is 1. The van der Waals surface area contributed by atoms with Crippen LogP contribution >= 0.6 is 11.6 Å². The molecule has 1 aromatic heterocycles. The first-order valence-electron chi connectivity index (χ1n) is 5.55. The van der Waals surface area contributed by atoms with Crippen LogP contribution in [0.5, 0.6) is 0 Å². The Morgan fingerprint density at radius 1 is 1.38 bits per heavy atom. The number of carbonyl (C=O) groups excluding carboxylic acids is 1. The minimum Gasteiger partial charge on any atom is -0.384 e. The van der Waals surface area contributed by atoms with Crippen molar-refractivity contribution in [1.29, 1.82) is 0 Å². The van der Waals surface area contributed by atoms with Gasteiger partial charge >= 0.3 is 5.69 Å². The van der Waals surface area contributed by atoms with Crippen molar-refractivity contribution in [3.63, 3.8) is 0 Å². The fourth-order valence-corrected chi connectivity index (χ4v) is 1.80. The van der Waals surface area contributed by atoms with Gasteiger partial charge < -0.3 is 11.1 Å². The molecule has 0 spiro atoms. The van der Waals surface area contributed by atoms with Crippen LogP contribution in [0.3, 0.4) is 0 Å². The van der Waals surface area contributed by atoms with Crippen molar-refractivity contribution in [3.05, 3.63) is 57.0 Å². The van der Waals surface area contributed by atoms with Gasteiger partial charge in [-0.15, -0.1) is 0 Å². The van der Waals surface area contributed by atoms with Gasteiger partial charge in [0.1, 0.15) is 11.0 Å². The van der Waals surface area contributed by atoms with Gasteiger partial charge in [-0.2, -0.15) is 4.39 Å². The molecule has 0 saturated carbocycles. The summed E-state index contributed by atoms with van der Waals surface area (Å²) in [6.07, 6.45) is 0. The molecule has 0 aliphatic heterocycles. The molecule has 2 aromatic rings. The Balaban J connectivity index is 2.23. The molecule has 1 amide bonds. The molecule has 0 radical (unpaired) electrons. The number of hydrogen-bond acceptors (Lipinski definition) is 5. The van der Waals surface area contributed by atoms with E-state index in [-0.39, 0.29) is 22.2 Å². The monoisotopic (exact) mass is 310 g/mol. The fraction of sp³-hybridized carbons (Fsp3) is 0. The van der Waals surface area contributed by atoms with Crippen LogP contribution in [0, 0.1) is 15.9 Å². The van der Waals surface area contributed by atoms with Gasteiger partial charge in [0.25, 0.3) is 5.91 Å². The van der Waals surface area contributed by atoms with Gasteiger partial charge in [-0.1, -0.05) is 11.6 Å².